The molecule has 2 aromatic rings. The van der Waals surface area contributed by atoms with E-state index in [1.54, 1.807) is 11.8 Å². The Balaban J connectivity index is 1.97. The third-order valence-electron chi connectivity index (χ3n) is 5.39. The zero-order chi connectivity index (χ0) is 21.9. The molecule has 1 aliphatic heterocycles. The number of rotatable bonds is 4. The van der Waals surface area contributed by atoms with Crippen molar-refractivity contribution in [2.45, 2.75) is 50.9 Å². The van der Waals surface area contributed by atoms with Gasteiger partial charge in [0.25, 0.3) is 5.91 Å². The highest BCUT2D eigenvalue weighted by Gasteiger charge is 2.47. The monoisotopic (exact) mass is 413 g/mol. The molecule has 3 rings (SSSR count). The Bertz CT molecular complexity index is 884. The maximum Gasteiger partial charge on any atom is 0.318 e. The molecule has 2 aromatic carbocycles. The molecule has 0 radical (unpaired) electrons. The number of halogens is 1. The number of nitrogens with zero attached hydrogens (tertiary/aromatic N) is 1. The van der Waals surface area contributed by atoms with E-state index in [4.69, 9.17) is 0 Å². The van der Waals surface area contributed by atoms with Crippen LogP contribution in [0.15, 0.2) is 54.6 Å². The van der Waals surface area contributed by atoms with Gasteiger partial charge in [-0.1, -0.05) is 30.3 Å². The molecule has 0 aliphatic carbocycles. The Kier molecular flexibility index (Phi) is 6.41. The number of piperidine rings is 1. The number of carbonyl (C=O) groups excluding carboxylic acids is 2. The minimum Gasteiger partial charge on any atom is -0.388 e. The molecule has 160 valence electrons. The highest BCUT2D eigenvalue weighted by molar-refractivity contribution is 5.94. The average molecular weight is 413 g/mol. The van der Waals surface area contributed by atoms with Crippen LogP contribution in [0, 0.1) is 5.82 Å². The summed E-state index contributed by atoms with van der Waals surface area (Å²) in [6, 6.07) is 12.9. The molecule has 3 atom stereocenters. The molecule has 3 N–H and O–H groups in total. The number of benzene rings is 2. The molecule has 0 spiro atoms. The van der Waals surface area contributed by atoms with Crippen molar-refractivity contribution >= 4 is 11.9 Å². The summed E-state index contributed by atoms with van der Waals surface area (Å²) in [7, 11) is 0. The van der Waals surface area contributed by atoms with E-state index in [9.17, 15) is 19.1 Å². The van der Waals surface area contributed by atoms with Gasteiger partial charge >= 0.3 is 6.03 Å². The number of aliphatic hydroxyl groups is 1. The number of likely N-dealkylation sites (tertiary alicyclic amines) is 1. The van der Waals surface area contributed by atoms with Gasteiger partial charge in [0.05, 0.1) is 17.7 Å². The minimum absolute atomic E-state index is 0.0522. The first-order valence-electron chi connectivity index (χ1n) is 10.1. The molecule has 0 bridgehead atoms. The van der Waals surface area contributed by atoms with Crippen molar-refractivity contribution in [3.63, 3.8) is 0 Å². The van der Waals surface area contributed by atoms with Gasteiger partial charge in [-0.25, -0.2) is 9.18 Å². The Morgan fingerprint density at radius 3 is 2.37 bits per heavy atom. The standard InChI is InChI=1S/C23H28FN3O3/c1-15(2)25-22(29)27-14-13-23(3,30)20(19(27)16-7-5-4-6-8-16)26-21(28)17-9-11-18(24)12-10-17/h4-12,15,19-20,30H,13-14H2,1-3H3,(H,25,29)(H,26,28). The van der Waals surface area contributed by atoms with Gasteiger partial charge < -0.3 is 20.6 Å². The number of amides is 3. The summed E-state index contributed by atoms with van der Waals surface area (Å²) >= 11 is 0. The first-order chi connectivity index (χ1) is 14.2. The lowest BCUT2D eigenvalue weighted by molar-refractivity contribution is -0.0512. The normalized spacial score (nSPS) is 23.9. The summed E-state index contributed by atoms with van der Waals surface area (Å²) in [5, 5.41) is 17.0. The highest BCUT2D eigenvalue weighted by Crippen LogP contribution is 2.37. The maximum absolute atomic E-state index is 13.2. The second kappa shape index (κ2) is 8.83. The number of urea groups is 1. The van der Waals surface area contributed by atoms with E-state index in [1.165, 1.54) is 24.3 Å². The van der Waals surface area contributed by atoms with Crippen molar-refractivity contribution in [3.8, 4) is 0 Å². The fraction of sp³-hybridized carbons (Fsp3) is 0.391. The van der Waals surface area contributed by atoms with Crippen LogP contribution in [-0.4, -0.2) is 46.2 Å². The van der Waals surface area contributed by atoms with Gasteiger partial charge in [0.2, 0.25) is 0 Å². The fourth-order valence-electron chi connectivity index (χ4n) is 3.80. The zero-order valence-electron chi connectivity index (χ0n) is 17.4. The smallest absolute Gasteiger partial charge is 0.318 e. The molecule has 7 heteroatoms. The van der Waals surface area contributed by atoms with Gasteiger partial charge in [-0.05, 0) is 57.0 Å². The number of hydrogen-bond acceptors (Lipinski definition) is 3. The van der Waals surface area contributed by atoms with Crippen molar-refractivity contribution in [1.29, 1.82) is 0 Å². The summed E-state index contributed by atoms with van der Waals surface area (Å²) in [6.45, 7) is 5.76. The Hall–Kier alpha value is -2.93. The molecule has 1 fully saturated rings. The predicted octanol–water partition coefficient (Wildman–Crippen LogP) is 3.24. The highest BCUT2D eigenvalue weighted by atomic mass is 19.1. The van der Waals surface area contributed by atoms with Gasteiger partial charge in [-0.2, -0.15) is 0 Å². The van der Waals surface area contributed by atoms with Gasteiger partial charge in [-0.3, -0.25) is 4.79 Å². The molecule has 1 heterocycles. The molecular formula is C23H28FN3O3. The Labute approximate surface area is 176 Å². The van der Waals surface area contributed by atoms with Gasteiger partial charge in [0.15, 0.2) is 0 Å². The second-order valence-electron chi connectivity index (χ2n) is 8.22. The van der Waals surface area contributed by atoms with Crippen LogP contribution in [0.5, 0.6) is 0 Å². The molecular weight excluding hydrogens is 385 g/mol. The van der Waals surface area contributed by atoms with E-state index in [2.05, 4.69) is 10.6 Å². The van der Waals surface area contributed by atoms with Crippen LogP contribution in [-0.2, 0) is 0 Å². The average Bonchev–Trinajstić information content (AvgIpc) is 2.69. The molecule has 1 aliphatic rings. The largest absolute Gasteiger partial charge is 0.388 e. The van der Waals surface area contributed by atoms with E-state index in [0.717, 1.165) is 5.56 Å². The lowest BCUT2D eigenvalue weighted by atomic mass is 9.79. The van der Waals surface area contributed by atoms with Gasteiger partial charge in [0, 0.05) is 18.2 Å². The van der Waals surface area contributed by atoms with Crippen molar-refractivity contribution in [1.82, 2.24) is 15.5 Å². The minimum atomic E-state index is -1.25. The quantitative estimate of drug-likeness (QED) is 0.720. The molecule has 6 nitrogen and oxygen atoms in total. The van der Waals surface area contributed by atoms with Gasteiger partial charge in [0.1, 0.15) is 5.82 Å². The van der Waals surface area contributed by atoms with Crippen LogP contribution in [0.3, 0.4) is 0 Å². The van der Waals surface area contributed by atoms with Crippen molar-refractivity contribution in [3.05, 3.63) is 71.5 Å². The number of carbonyl (C=O) groups is 2. The molecule has 3 unspecified atom stereocenters. The lowest BCUT2D eigenvalue weighted by Crippen LogP contribution is -2.64. The molecule has 0 saturated carbocycles. The summed E-state index contributed by atoms with van der Waals surface area (Å²) in [4.78, 5) is 27.5. The van der Waals surface area contributed by atoms with Crippen LogP contribution < -0.4 is 10.6 Å². The molecule has 0 aromatic heterocycles. The predicted molar refractivity (Wildman–Crippen MR) is 112 cm³/mol. The van der Waals surface area contributed by atoms with Crippen molar-refractivity contribution < 1.29 is 19.1 Å². The molecule has 30 heavy (non-hydrogen) atoms. The third-order valence-corrected chi connectivity index (χ3v) is 5.39. The van der Waals surface area contributed by atoms with E-state index in [0.29, 0.717) is 13.0 Å². The summed E-state index contributed by atoms with van der Waals surface area (Å²) < 4.78 is 13.2. The van der Waals surface area contributed by atoms with Crippen molar-refractivity contribution in [2.75, 3.05) is 6.54 Å². The zero-order valence-corrected chi connectivity index (χ0v) is 17.4. The van der Waals surface area contributed by atoms with E-state index < -0.39 is 29.4 Å². The first kappa shape index (κ1) is 21.8. The maximum atomic E-state index is 13.2. The van der Waals surface area contributed by atoms with E-state index in [1.807, 2.05) is 44.2 Å². The molecule has 1 saturated heterocycles. The van der Waals surface area contributed by atoms with E-state index in [-0.39, 0.29) is 17.6 Å². The third kappa shape index (κ3) is 4.79. The number of hydrogen-bond donors (Lipinski definition) is 3. The summed E-state index contributed by atoms with van der Waals surface area (Å²) in [6.07, 6.45) is 0.302. The second-order valence-corrected chi connectivity index (χ2v) is 8.22. The summed E-state index contributed by atoms with van der Waals surface area (Å²) in [5.41, 5.74) is -0.159. The van der Waals surface area contributed by atoms with Crippen LogP contribution in [0.1, 0.15) is 49.2 Å². The first-order valence-corrected chi connectivity index (χ1v) is 10.1. The van der Waals surface area contributed by atoms with Gasteiger partial charge in [-0.15, -0.1) is 0 Å². The van der Waals surface area contributed by atoms with Crippen LogP contribution in [0.4, 0.5) is 9.18 Å². The molecule has 3 amide bonds. The van der Waals surface area contributed by atoms with Crippen molar-refractivity contribution in [2.24, 2.45) is 0 Å². The van der Waals surface area contributed by atoms with Crippen LogP contribution >= 0.6 is 0 Å². The topological polar surface area (TPSA) is 81.7 Å². The van der Waals surface area contributed by atoms with E-state index >= 15 is 0 Å². The Morgan fingerprint density at radius 2 is 1.77 bits per heavy atom. The van der Waals surface area contributed by atoms with Crippen LogP contribution in [0.25, 0.3) is 0 Å². The summed E-state index contributed by atoms with van der Waals surface area (Å²) in [5.74, 6) is -0.873. The van der Waals surface area contributed by atoms with Crippen LogP contribution in [0.2, 0.25) is 0 Å². The number of nitrogens with one attached hydrogen (secondary N) is 2. The Morgan fingerprint density at radius 1 is 1.13 bits per heavy atom. The lowest BCUT2D eigenvalue weighted by Gasteiger charge is -2.49. The fourth-order valence-corrected chi connectivity index (χ4v) is 3.80. The SMILES string of the molecule is CC(C)NC(=O)N1CCC(C)(O)C(NC(=O)c2ccc(F)cc2)C1c1ccccc1.